The van der Waals surface area contributed by atoms with E-state index in [2.05, 4.69) is 41.7 Å². The monoisotopic (exact) mass is 1100 g/mol. The molecule has 0 unspecified atom stereocenters. The second-order valence-electron chi connectivity index (χ2n) is 18.7. The summed E-state index contributed by atoms with van der Waals surface area (Å²) in [4.78, 5) is 76.7. The Morgan fingerprint density at radius 2 is 1.32 bits per heavy atom. The van der Waals surface area contributed by atoms with E-state index in [-0.39, 0.29) is 34.0 Å². The molecule has 1 fully saturated rings. The molecule has 19 nitrogen and oxygen atoms in total. The van der Waals surface area contributed by atoms with E-state index in [4.69, 9.17) is 0 Å². The number of nitrogens with one attached hydrogen (secondary N) is 4. The predicted molar refractivity (Wildman–Crippen MR) is 252 cm³/mol. The van der Waals surface area contributed by atoms with Crippen LogP contribution in [0, 0.1) is 34.3 Å². The van der Waals surface area contributed by atoms with Crippen LogP contribution in [0.2, 0.25) is 0 Å². The molecule has 1 saturated heterocycles. The summed E-state index contributed by atoms with van der Waals surface area (Å²) in [6.07, 6.45) is -12.4. The predicted octanol–water partition coefficient (Wildman–Crippen LogP) is 5.24. The highest BCUT2D eigenvalue weighted by atomic mass is 19.4. The number of aliphatic hydroxyl groups is 1. The van der Waals surface area contributed by atoms with Gasteiger partial charge < -0.3 is 40.3 Å². The summed E-state index contributed by atoms with van der Waals surface area (Å²) in [5.74, 6) is -0.193. The molecule has 5 amide bonds. The quantitative estimate of drug-likeness (QED) is 0.0489. The Morgan fingerprint density at radius 3 is 1.82 bits per heavy atom. The lowest BCUT2D eigenvalue weighted by Gasteiger charge is -2.38. The Labute approximate surface area is 433 Å². The van der Waals surface area contributed by atoms with Crippen LogP contribution >= 0.6 is 0 Å². The van der Waals surface area contributed by atoms with Crippen LogP contribution in [-0.4, -0.2) is 149 Å². The van der Waals surface area contributed by atoms with Gasteiger partial charge in [0.1, 0.15) is 23.7 Å². The van der Waals surface area contributed by atoms with Crippen molar-refractivity contribution >= 4 is 35.9 Å². The number of methoxy groups -OCH3 is 2. The van der Waals surface area contributed by atoms with Crippen molar-refractivity contribution in [3.05, 3.63) is 94.9 Å². The third kappa shape index (κ3) is 15.0. The standard InChI is InChI=1S/C48H53F10N11O8/c1-45(2,47(53,54)55)37(62-43(74)76-6)39(72)61-34(18-27-11-8-26(9-12-27)10-13-28-21-59-42(60-22-28)67-17-16-66(5)36(71)25-67)35(70)24-68(65-40(73)38(63-44(75)77-7)46(3,4)48(56,57)58)23-30-31(49)19-29(20-32(30)50)33-14-15-69(64-33)41(51)52/h8-9,11-12,14-15,19-22,34-35,37-38,41,70H,16-18,23-25H2,1-7H3,(H,61,72)(H,62,74)(H,63,75)(H,65,73)/t34-,35-,37+,38+/m0/s1. The summed E-state index contributed by atoms with van der Waals surface area (Å²) >= 11 is 0. The number of carbonyl (C=O) groups is 5. The lowest BCUT2D eigenvalue weighted by molar-refractivity contribution is -0.221. The van der Waals surface area contributed by atoms with E-state index in [0.717, 1.165) is 26.5 Å². The molecule has 77 heavy (non-hydrogen) atoms. The van der Waals surface area contributed by atoms with E-state index in [0.29, 0.717) is 75.0 Å². The molecule has 1 aliphatic heterocycles. The molecule has 29 heteroatoms. The average Bonchev–Trinajstić information content (AvgIpc) is 3.87. The summed E-state index contributed by atoms with van der Waals surface area (Å²) in [6, 6.07) is 1.27. The van der Waals surface area contributed by atoms with Crippen LogP contribution in [0.15, 0.2) is 61.1 Å². The molecule has 1 aliphatic rings. The van der Waals surface area contributed by atoms with Crippen molar-refractivity contribution in [2.45, 2.75) is 83.8 Å². The first-order valence-corrected chi connectivity index (χ1v) is 23.0. The van der Waals surface area contributed by atoms with Gasteiger partial charge in [-0.1, -0.05) is 24.0 Å². The molecule has 0 aliphatic carbocycles. The zero-order chi connectivity index (χ0) is 57.4. The number of anilines is 1. The van der Waals surface area contributed by atoms with Crippen molar-refractivity contribution in [2.24, 2.45) is 10.8 Å². The molecule has 2 aromatic heterocycles. The van der Waals surface area contributed by atoms with Crippen LogP contribution in [0.5, 0.6) is 0 Å². The molecule has 3 heterocycles. The number of carbonyl (C=O) groups excluding carboxylic acids is 5. The van der Waals surface area contributed by atoms with E-state index in [1.807, 2.05) is 10.7 Å². The molecule has 4 aromatic rings. The van der Waals surface area contributed by atoms with Crippen LogP contribution in [0.1, 0.15) is 56.5 Å². The number of ether oxygens (including phenoxy) is 2. The number of alkyl carbamates (subject to hydrolysis) is 2. The number of hydrogen-bond donors (Lipinski definition) is 5. The normalized spacial score (nSPS) is 15.0. The molecule has 418 valence electrons. The largest absolute Gasteiger partial charge is 0.453 e. The van der Waals surface area contributed by atoms with Crippen molar-refractivity contribution in [3.8, 4) is 23.1 Å². The van der Waals surface area contributed by atoms with Crippen molar-refractivity contribution in [1.82, 2.24) is 51.0 Å². The van der Waals surface area contributed by atoms with Crippen LogP contribution < -0.4 is 26.3 Å². The Kier molecular flexibility index (Phi) is 19.1. The number of aliphatic hydroxyl groups excluding tert-OH is 1. The molecule has 0 radical (unpaired) electrons. The van der Waals surface area contributed by atoms with Gasteiger partial charge in [-0.2, -0.15) is 40.2 Å². The molecule has 4 atom stereocenters. The lowest BCUT2D eigenvalue weighted by Crippen LogP contribution is -2.63. The number of hydrazine groups is 1. The molecule has 2 aromatic carbocycles. The highest BCUT2D eigenvalue weighted by Crippen LogP contribution is 2.42. The average molecular weight is 1100 g/mol. The van der Waals surface area contributed by atoms with Gasteiger partial charge in [-0.25, -0.2) is 38.0 Å². The van der Waals surface area contributed by atoms with Gasteiger partial charge in [0.05, 0.1) is 55.0 Å². The lowest BCUT2D eigenvalue weighted by atomic mass is 9.82. The number of nitrogens with zero attached hydrogens (tertiary/aromatic N) is 7. The Bertz CT molecular complexity index is 2800. The fraction of sp³-hybridized carbons (Fsp3) is 0.458. The molecule has 0 saturated carbocycles. The van der Waals surface area contributed by atoms with Gasteiger partial charge in [0.25, 0.3) is 5.91 Å². The summed E-state index contributed by atoms with van der Waals surface area (Å²) in [5, 5.41) is 21.9. The number of halogens is 10. The van der Waals surface area contributed by atoms with Crippen LogP contribution in [0.3, 0.4) is 0 Å². The minimum Gasteiger partial charge on any atom is -0.453 e. The molecule has 5 rings (SSSR count). The van der Waals surface area contributed by atoms with Crippen molar-refractivity contribution in [2.75, 3.05) is 52.3 Å². The number of rotatable bonds is 18. The van der Waals surface area contributed by atoms with Crippen LogP contribution in [0.4, 0.5) is 59.4 Å². The highest BCUT2D eigenvalue weighted by Gasteiger charge is 2.57. The van der Waals surface area contributed by atoms with Gasteiger partial charge in [0.2, 0.25) is 17.8 Å². The van der Waals surface area contributed by atoms with Crippen molar-refractivity contribution in [3.63, 3.8) is 0 Å². The number of benzene rings is 2. The van der Waals surface area contributed by atoms with E-state index in [9.17, 15) is 64.2 Å². The van der Waals surface area contributed by atoms with Crippen molar-refractivity contribution in [1.29, 1.82) is 0 Å². The highest BCUT2D eigenvalue weighted by molar-refractivity contribution is 5.87. The minimum atomic E-state index is -5.24. The second kappa shape index (κ2) is 24.5. The number of hydrogen-bond acceptors (Lipinski definition) is 13. The van der Waals surface area contributed by atoms with Gasteiger partial charge in [-0.15, -0.1) is 0 Å². The van der Waals surface area contributed by atoms with Gasteiger partial charge >= 0.3 is 31.1 Å². The summed E-state index contributed by atoms with van der Waals surface area (Å²) in [5.41, 5.74) is -4.83. The molecular formula is C48H53F10N11O8. The Hall–Kier alpha value is -7.74. The maximum Gasteiger partial charge on any atom is 0.407 e. The molecule has 0 spiro atoms. The maximum atomic E-state index is 16.0. The fourth-order valence-electron chi connectivity index (χ4n) is 7.39. The van der Waals surface area contributed by atoms with Crippen LogP contribution in [0.25, 0.3) is 11.3 Å². The summed E-state index contributed by atoms with van der Waals surface area (Å²) in [7, 11) is 3.25. The third-order valence-electron chi connectivity index (χ3n) is 12.5. The summed E-state index contributed by atoms with van der Waals surface area (Å²) in [6.45, 7) is -2.18. The first-order valence-electron chi connectivity index (χ1n) is 23.0. The molecule has 5 N–H and O–H groups in total. The third-order valence-corrected chi connectivity index (χ3v) is 12.5. The first-order chi connectivity index (χ1) is 35.9. The van der Waals surface area contributed by atoms with E-state index in [1.165, 1.54) is 36.7 Å². The van der Waals surface area contributed by atoms with Gasteiger partial charge in [-0.3, -0.25) is 19.8 Å². The van der Waals surface area contributed by atoms with E-state index >= 15 is 8.78 Å². The van der Waals surface area contributed by atoms with Gasteiger partial charge in [0, 0.05) is 68.5 Å². The fourth-order valence-corrected chi connectivity index (χ4v) is 7.39. The SMILES string of the molecule is COC(=O)N[C@H](C(=O)N[C@@H](Cc1ccc(C#Cc2cnc(N3CCN(C)C(=O)C3)nc2)cc1)[C@@H](O)CN(Cc1c(F)cc(-c2ccn(C(F)F)n2)cc1F)NC(=O)[C@@H](NC(=O)OC)C(C)(C)C(F)(F)F)C(C)(C)C(F)(F)F. The topological polar surface area (TPSA) is 225 Å². The minimum absolute atomic E-state index is 0.0838. The molecular weight excluding hydrogens is 1050 g/mol. The number of amides is 5. The smallest absolute Gasteiger partial charge is 0.407 e. The zero-order valence-corrected chi connectivity index (χ0v) is 42.1. The number of alkyl halides is 8. The van der Waals surface area contributed by atoms with Gasteiger partial charge in [-0.05, 0) is 70.0 Å². The Balaban J connectivity index is 1.53. The van der Waals surface area contributed by atoms with Crippen LogP contribution in [-0.2, 0) is 36.8 Å². The number of piperazine rings is 1. The maximum absolute atomic E-state index is 16.0. The Morgan fingerprint density at radius 1 is 0.792 bits per heavy atom. The first kappa shape index (κ1) is 60.1. The van der Waals surface area contributed by atoms with E-state index in [1.54, 1.807) is 22.2 Å². The summed E-state index contributed by atoms with van der Waals surface area (Å²) < 4.78 is 155. The second-order valence-corrected chi connectivity index (χ2v) is 18.7. The van der Waals surface area contributed by atoms with Crippen molar-refractivity contribution < 1.29 is 82.5 Å². The van der Waals surface area contributed by atoms with E-state index < -0.39 is 115 Å². The van der Waals surface area contributed by atoms with Gasteiger partial charge in [0.15, 0.2) is 0 Å². The molecule has 0 bridgehead atoms. The number of aromatic nitrogens is 4. The zero-order valence-electron chi connectivity index (χ0n) is 42.1. The number of likely N-dealkylation sites (N-methyl/N-ethyl adjacent to an activating group) is 1.